The largest absolute Gasteiger partial charge is 0.493 e. The number of halogens is 2. The van der Waals surface area contributed by atoms with Crippen LogP contribution in [-0.2, 0) is 10.0 Å². The second-order valence-corrected chi connectivity index (χ2v) is 7.30. The van der Waals surface area contributed by atoms with Gasteiger partial charge in [0.25, 0.3) is 10.0 Å². The molecule has 1 aromatic heterocycles. The second kappa shape index (κ2) is 6.32. The second-order valence-electron chi connectivity index (χ2n) is 4.51. The van der Waals surface area contributed by atoms with Gasteiger partial charge in [-0.2, -0.15) is 0 Å². The lowest BCUT2D eigenvalue weighted by Gasteiger charge is -2.20. The molecule has 0 saturated carbocycles. The van der Waals surface area contributed by atoms with Crippen molar-refractivity contribution in [3.05, 3.63) is 46.1 Å². The van der Waals surface area contributed by atoms with Crippen LogP contribution in [0.3, 0.4) is 0 Å². The minimum Gasteiger partial charge on any atom is -0.493 e. The van der Waals surface area contributed by atoms with Gasteiger partial charge in [-0.05, 0) is 36.8 Å². The highest BCUT2D eigenvalue weighted by Crippen LogP contribution is 2.32. The molecular formula is C14H14Cl2N2O3S. The molecule has 118 valence electrons. The molecule has 2 aromatic rings. The summed E-state index contributed by atoms with van der Waals surface area (Å²) >= 11 is 12.1. The number of hydrogen-bond acceptors (Lipinski definition) is 4. The topological polar surface area (TPSA) is 59.5 Å². The van der Waals surface area contributed by atoms with Gasteiger partial charge in [0.15, 0.2) is 11.6 Å². The molecule has 22 heavy (non-hydrogen) atoms. The fourth-order valence-corrected chi connectivity index (χ4v) is 3.65. The molecule has 0 radical (unpaired) electrons. The van der Waals surface area contributed by atoms with Crippen molar-refractivity contribution in [1.82, 2.24) is 4.98 Å². The molecule has 8 heteroatoms. The van der Waals surface area contributed by atoms with Crippen molar-refractivity contribution < 1.29 is 13.2 Å². The Labute approximate surface area is 139 Å². The average Bonchev–Trinajstić information content (AvgIpc) is 2.51. The predicted octanol–water partition coefficient (Wildman–Crippen LogP) is 3.53. The molecule has 0 aliphatic heterocycles. The van der Waals surface area contributed by atoms with Crippen LogP contribution in [0.2, 0.25) is 10.0 Å². The smallest absolute Gasteiger partial charge is 0.265 e. The molecule has 0 fully saturated rings. The summed E-state index contributed by atoms with van der Waals surface area (Å²) in [7, 11) is -1.03. The van der Waals surface area contributed by atoms with Gasteiger partial charge >= 0.3 is 0 Å². The van der Waals surface area contributed by atoms with E-state index in [2.05, 4.69) is 4.98 Å². The first-order chi connectivity index (χ1) is 10.3. The Morgan fingerprint density at radius 1 is 1.23 bits per heavy atom. The van der Waals surface area contributed by atoms with Crippen LogP contribution in [0.25, 0.3) is 0 Å². The lowest BCUT2D eigenvalue weighted by Crippen LogP contribution is -2.27. The molecule has 0 unspecified atom stereocenters. The molecule has 2 rings (SSSR count). The zero-order chi connectivity index (χ0) is 16.5. The third kappa shape index (κ3) is 2.99. The SMILES string of the molecule is COc1cccnc1N(C)S(=O)(=O)c1cc(Cl)c(C)c(Cl)c1. The quantitative estimate of drug-likeness (QED) is 0.836. The fraction of sp³-hybridized carbons (Fsp3) is 0.214. The number of benzene rings is 1. The molecule has 0 spiro atoms. The van der Waals surface area contributed by atoms with Crippen LogP contribution in [0.4, 0.5) is 5.82 Å². The molecule has 0 N–H and O–H groups in total. The molecule has 0 saturated heterocycles. The average molecular weight is 361 g/mol. The molecular weight excluding hydrogens is 347 g/mol. The van der Waals surface area contributed by atoms with Gasteiger partial charge in [-0.25, -0.2) is 17.7 Å². The minimum atomic E-state index is -3.86. The summed E-state index contributed by atoms with van der Waals surface area (Å²) in [4.78, 5) is 4.05. The van der Waals surface area contributed by atoms with Crippen LogP contribution in [-0.4, -0.2) is 27.6 Å². The van der Waals surface area contributed by atoms with Crippen LogP contribution in [0, 0.1) is 6.92 Å². The Kier molecular flexibility index (Phi) is 4.84. The molecule has 0 bridgehead atoms. The summed E-state index contributed by atoms with van der Waals surface area (Å²) in [5, 5.41) is 0.569. The maximum Gasteiger partial charge on any atom is 0.265 e. The zero-order valence-electron chi connectivity index (χ0n) is 12.2. The van der Waals surface area contributed by atoms with Crippen LogP contribution >= 0.6 is 23.2 Å². The Bertz CT molecular complexity index is 786. The van der Waals surface area contributed by atoms with Gasteiger partial charge < -0.3 is 4.74 Å². The first-order valence-corrected chi connectivity index (χ1v) is 8.42. The normalized spacial score (nSPS) is 11.3. The number of sulfonamides is 1. The summed E-state index contributed by atoms with van der Waals surface area (Å²) in [6, 6.07) is 6.01. The highest BCUT2D eigenvalue weighted by Gasteiger charge is 2.26. The molecule has 0 aliphatic carbocycles. The standard InChI is InChI=1S/C14H14Cl2N2O3S/c1-9-11(15)7-10(8-12(9)16)22(19,20)18(2)14-13(21-3)5-4-6-17-14/h4-8H,1-3H3. The molecule has 0 atom stereocenters. The van der Waals surface area contributed by atoms with Crippen molar-refractivity contribution in [2.24, 2.45) is 0 Å². The van der Waals surface area contributed by atoms with E-state index in [1.807, 2.05) is 0 Å². The van der Waals surface area contributed by atoms with E-state index in [1.54, 1.807) is 19.1 Å². The number of aromatic nitrogens is 1. The molecule has 1 aromatic carbocycles. The van der Waals surface area contributed by atoms with Crippen LogP contribution in [0.15, 0.2) is 35.4 Å². The number of anilines is 1. The first-order valence-electron chi connectivity index (χ1n) is 6.22. The summed E-state index contributed by atoms with van der Waals surface area (Å²) in [6.07, 6.45) is 1.49. The van der Waals surface area contributed by atoms with Crippen molar-refractivity contribution >= 4 is 39.0 Å². The van der Waals surface area contributed by atoms with Crippen molar-refractivity contribution in [2.45, 2.75) is 11.8 Å². The van der Waals surface area contributed by atoms with Crippen LogP contribution < -0.4 is 9.04 Å². The van der Waals surface area contributed by atoms with E-state index in [0.29, 0.717) is 11.3 Å². The van der Waals surface area contributed by atoms with E-state index in [4.69, 9.17) is 27.9 Å². The first kappa shape index (κ1) is 16.9. The molecule has 5 nitrogen and oxygen atoms in total. The third-order valence-electron chi connectivity index (χ3n) is 3.18. The van der Waals surface area contributed by atoms with E-state index in [1.165, 1.54) is 32.5 Å². The van der Waals surface area contributed by atoms with Crippen LogP contribution in [0.1, 0.15) is 5.56 Å². The van der Waals surface area contributed by atoms with Crippen molar-refractivity contribution in [2.75, 3.05) is 18.5 Å². The van der Waals surface area contributed by atoms with E-state index >= 15 is 0 Å². The van der Waals surface area contributed by atoms with Crippen LogP contribution in [0.5, 0.6) is 5.75 Å². The highest BCUT2D eigenvalue weighted by atomic mass is 35.5. The zero-order valence-corrected chi connectivity index (χ0v) is 14.5. The number of methoxy groups -OCH3 is 1. The lowest BCUT2D eigenvalue weighted by atomic mass is 10.2. The highest BCUT2D eigenvalue weighted by molar-refractivity contribution is 7.92. The maximum absolute atomic E-state index is 12.7. The molecule has 1 heterocycles. The Hall–Kier alpha value is -1.50. The predicted molar refractivity (Wildman–Crippen MR) is 87.6 cm³/mol. The van der Waals surface area contributed by atoms with Crippen molar-refractivity contribution in [1.29, 1.82) is 0 Å². The molecule has 0 amide bonds. The van der Waals surface area contributed by atoms with Gasteiger partial charge in [0.1, 0.15) is 0 Å². The number of rotatable bonds is 4. The van der Waals surface area contributed by atoms with E-state index in [9.17, 15) is 8.42 Å². The van der Waals surface area contributed by atoms with Crippen molar-refractivity contribution in [3.63, 3.8) is 0 Å². The minimum absolute atomic E-state index is 0.0108. The summed E-state index contributed by atoms with van der Waals surface area (Å²) in [5.41, 5.74) is 0.625. The lowest BCUT2D eigenvalue weighted by molar-refractivity contribution is 0.414. The maximum atomic E-state index is 12.7. The number of ether oxygens (including phenoxy) is 1. The summed E-state index contributed by atoms with van der Waals surface area (Å²) in [5.74, 6) is 0.524. The fourth-order valence-electron chi connectivity index (χ4n) is 1.82. The number of hydrogen-bond donors (Lipinski definition) is 0. The van der Waals surface area contributed by atoms with Gasteiger partial charge in [0.05, 0.1) is 12.0 Å². The monoisotopic (exact) mass is 360 g/mol. The van der Waals surface area contributed by atoms with Gasteiger partial charge in [0, 0.05) is 23.3 Å². The Balaban J connectivity index is 2.55. The summed E-state index contributed by atoms with van der Waals surface area (Å²) in [6.45, 7) is 1.71. The van der Waals surface area contributed by atoms with E-state index in [0.717, 1.165) is 4.31 Å². The third-order valence-corrected chi connectivity index (χ3v) is 5.69. The van der Waals surface area contributed by atoms with Gasteiger partial charge in [-0.3, -0.25) is 0 Å². The Morgan fingerprint density at radius 3 is 2.36 bits per heavy atom. The Morgan fingerprint density at radius 2 is 1.82 bits per heavy atom. The van der Waals surface area contributed by atoms with Gasteiger partial charge in [-0.15, -0.1) is 0 Å². The van der Waals surface area contributed by atoms with Gasteiger partial charge in [-0.1, -0.05) is 23.2 Å². The number of pyridine rings is 1. The molecule has 0 aliphatic rings. The van der Waals surface area contributed by atoms with E-state index in [-0.39, 0.29) is 20.8 Å². The summed E-state index contributed by atoms with van der Waals surface area (Å²) < 4.78 is 31.6. The number of nitrogens with zero attached hydrogens (tertiary/aromatic N) is 2. The van der Waals surface area contributed by atoms with Gasteiger partial charge in [0.2, 0.25) is 0 Å². The van der Waals surface area contributed by atoms with Crippen molar-refractivity contribution in [3.8, 4) is 5.75 Å². The van der Waals surface area contributed by atoms with E-state index < -0.39 is 10.0 Å².